The van der Waals surface area contributed by atoms with Gasteiger partial charge in [-0.2, -0.15) is 0 Å². The van der Waals surface area contributed by atoms with Crippen LogP contribution in [0.1, 0.15) is 48.0 Å². The van der Waals surface area contributed by atoms with E-state index in [4.69, 9.17) is 0 Å². The van der Waals surface area contributed by atoms with Gasteiger partial charge in [-0.15, -0.1) is 0 Å². The molecular weight excluding hydrogens is 246 g/mol. The summed E-state index contributed by atoms with van der Waals surface area (Å²) in [5.74, 6) is 0. The van der Waals surface area contributed by atoms with E-state index in [2.05, 4.69) is 60.5 Å². The molecule has 0 saturated carbocycles. The number of nitrogens with one attached hydrogen (secondary N) is 1. The van der Waals surface area contributed by atoms with Crippen molar-refractivity contribution in [3.05, 3.63) is 11.4 Å². The van der Waals surface area contributed by atoms with Gasteiger partial charge in [0.1, 0.15) is 0 Å². The lowest BCUT2D eigenvalue weighted by atomic mass is 9.82. The van der Waals surface area contributed by atoms with Crippen molar-refractivity contribution in [2.24, 2.45) is 10.8 Å². The normalized spacial score (nSPS) is 19.8. The Hall–Kier alpha value is 0.200. The summed E-state index contributed by atoms with van der Waals surface area (Å²) < 4.78 is 2.55. The Morgan fingerprint density at radius 1 is 1.12 bits per heavy atom. The number of allylic oxidation sites excluding steroid dienone is 2. The second kappa shape index (κ2) is 5.45. The minimum Gasteiger partial charge on any atom is -0.386 e. The number of hydrogen-bond donors (Lipinski definition) is 1. The van der Waals surface area contributed by atoms with Crippen LogP contribution in [0.5, 0.6) is 0 Å². The summed E-state index contributed by atoms with van der Waals surface area (Å²) in [5.41, 5.74) is 3.31. The standard InChI is InChI=1S/C13H28N2P2/c1-12(2,3)10-11(13(4,5)6)15(17-16)9-7-8-14-10/h14,17H,7-9,16H2,1-6H3. The molecule has 1 N–H and O–H groups in total. The van der Waals surface area contributed by atoms with E-state index in [1.54, 1.807) is 0 Å². The van der Waals surface area contributed by atoms with E-state index in [1.165, 1.54) is 24.4 Å². The lowest BCUT2D eigenvalue weighted by molar-refractivity contribution is 0.358. The van der Waals surface area contributed by atoms with Crippen molar-refractivity contribution in [2.75, 3.05) is 13.1 Å². The summed E-state index contributed by atoms with van der Waals surface area (Å²) in [6.45, 7) is 16.1. The van der Waals surface area contributed by atoms with Gasteiger partial charge in [0.2, 0.25) is 0 Å². The molecule has 4 heteroatoms. The molecule has 0 bridgehead atoms. The lowest BCUT2D eigenvalue weighted by Crippen LogP contribution is -2.32. The molecule has 1 heterocycles. The largest absolute Gasteiger partial charge is 0.386 e. The summed E-state index contributed by atoms with van der Waals surface area (Å²) >= 11 is 0. The predicted molar refractivity (Wildman–Crippen MR) is 83.3 cm³/mol. The Bertz CT molecular complexity index is 298. The molecule has 2 unspecified atom stereocenters. The average Bonchev–Trinajstić information content (AvgIpc) is 2.36. The molecule has 0 radical (unpaired) electrons. The molecule has 1 rings (SSSR count). The van der Waals surface area contributed by atoms with Gasteiger partial charge in [0.15, 0.2) is 0 Å². The molecule has 0 fully saturated rings. The molecule has 17 heavy (non-hydrogen) atoms. The van der Waals surface area contributed by atoms with E-state index in [1.807, 2.05) is 0 Å². The third kappa shape index (κ3) is 3.83. The van der Waals surface area contributed by atoms with E-state index in [-0.39, 0.29) is 10.8 Å². The number of rotatable bonds is 1. The highest BCUT2D eigenvalue weighted by atomic mass is 32.0. The van der Waals surface area contributed by atoms with Gasteiger partial charge in [0, 0.05) is 35.3 Å². The van der Waals surface area contributed by atoms with E-state index in [0.29, 0.717) is 0 Å². The zero-order chi connectivity index (χ0) is 13.3. The van der Waals surface area contributed by atoms with Crippen LogP contribution < -0.4 is 5.32 Å². The third-order valence-electron chi connectivity index (χ3n) is 2.98. The highest BCUT2D eigenvalue weighted by molar-refractivity contribution is 8.01. The first-order valence-electron chi connectivity index (χ1n) is 6.41. The Kier molecular flexibility index (Phi) is 4.89. The predicted octanol–water partition coefficient (Wildman–Crippen LogP) is 3.97. The van der Waals surface area contributed by atoms with Crippen LogP contribution in [0.25, 0.3) is 0 Å². The fraction of sp³-hybridized carbons (Fsp3) is 0.846. The van der Waals surface area contributed by atoms with E-state index in [9.17, 15) is 0 Å². The van der Waals surface area contributed by atoms with Gasteiger partial charge < -0.3 is 9.99 Å². The first-order valence-corrected chi connectivity index (χ1v) is 9.16. The SMILES string of the molecule is CC(C)(C)C1=C(C(C)(C)C)N(PP)CCCN1. The minimum absolute atomic E-state index is 0.190. The quantitative estimate of drug-likeness (QED) is 0.728. The first-order chi connectivity index (χ1) is 7.68. The van der Waals surface area contributed by atoms with Gasteiger partial charge in [-0.1, -0.05) is 50.5 Å². The molecule has 1 aliphatic heterocycles. The zero-order valence-corrected chi connectivity index (χ0v) is 14.3. The summed E-state index contributed by atoms with van der Waals surface area (Å²) in [5, 5.41) is 3.68. The molecule has 2 nitrogen and oxygen atoms in total. The highest BCUT2D eigenvalue weighted by Crippen LogP contribution is 2.44. The zero-order valence-electron chi connectivity index (χ0n) is 12.1. The monoisotopic (exact) mass is 274 g/mol. The van der Waals surface area contributed by atoms with Crippen molar-refractivity contribution in [2.45, 2.75) is 48.0 Å². The summed E-state index contributed by atoms with van der Waals surface area (Å²) in [6, 6.07) is 0. The number of nitrogens with zero attached hydrogens (tertiary/aromatic N) is 1. The van der Waals surface area contributed by atoms with Crippen LogP contribution in [-0.2, 0) is 0 Å². The minimum atomic E-state index is 0.190. The van der Waals surface area contributed by atoms with Crippen molar-refractivity contribution >= 4 is 17.3 Å². The second-order valence-corrected chi connectivity index (χ2v) is 8.36. The molecule has 2 atom stereocenters. The van der Waals surface area contributed by atoms with Gasteiger partial charge in [0.25, 0.3) is 0 Å². The molecule has 0 aromatic rings. The molecule has 0 amide bonds. The molecule has 1 aliphatic rings. The topological polar surface area (TPSA) is 15.3 Å². The molecule has 0 aromatic carbocycles. The van der Waals surface area contributed by atoms with Crippen LogP contribution in [0.3, 0.4) is 0 Å². The van der Waals surface area contributed by atoms with Crippen LogP contribution in [0.2, 0.25) is 0 Å². The second-order valence-electron chi connectivity index (χ2n) is 6.78. The van der Waals surface area contributed by atoms with Crippen LogP contribution in [0.15, 0.2) is 11.4 Å². The Morgan fingerprint density at radius 2 is 1.71 bits per heavy atom. The van der Waals surface area contributed by atoms with Crippen LogP contribution >= 0.6 is 17.3 Å². The van der Waals surface area contributed by atoms with Gasteiger partial charge in [0.05, 0.1) is 0 Å². The highest BCUT2D eigenvalue weighted by Gasteiger charge is 2.32. The van der Waals surface area contributed by atoms with Crippen molar-refractivity contribution in [1.82, 2.24) is 9.99 Å². The molecule has 100 valence electrons. The first kappa shape index (κ1) is 15.3. The summed E-state index contributed by atoms with van der Waals surface area (Å²) in [6.07, 6.45) is 1.22. The van der Waals surface area contributed by atoms with Crippen LogP contribution in [0, 0.1) is 10.8 Å². The number of hydrogen-bond acceptors (Lipinski definition) is 2. The van der Waals surface area contributed by atoms with Crippen LogP contribution in [-0.4, -0.2) is 17.8 Å². The van der Waals surface area contributed by atoms with E-state index < -0.39 is 0 Å². The molecule has 0 aromatic heterocycles. The molecule has 0 saturated heterocycles. The molecular formula is C13H28N2P2. The average molecular weight is 274 g/mol. The lowest BCUT2D eigenvalue weighted by Gasteiger charge is -2.38. The summed E-state index contributed by atoms with van der Waals surface area (Å²) in [7, 11) is 3.67. The van der Waals surface area contributed by atoms with Gasteiger partial charge in [-0.3, -0.25) is 0 Å². The Morgan fingerprint density at radius 3 is 2.12 bits per heavy atom. The van der Waals surface area contributed by atoms with Gasteiger partial charge in [-0.25, -0.2) is 0 Å². The van der Waals surface area contributed by atoms with Crippen molar-refractivity contribution in [1.29, 1.82) is 0 Å². The van der Waals surface area contributed by atoms with Crippen molar-refractivity contribution in [3.63, 3.8) is 0 Å². The maximum atomic E-state index is 3.68. The maximum Gasteiger partial charge on any atom is 0.0418 e. The van der Waals surface area contributed by atoms with Gasteiger partial charge in [-0.05, 0) is 14.8 Å². The third-order valence-corrected chi connectivity index (χ3v) is 4.68. The molecule has 0 spiro atoms. The smallest absolute Gasteiger partial charge is 0.0418 e. The van der Waals surface area contributed by atoms with Gasteiger partial charge >= 0.3 is 0 Å². The molecule has 0 aliphatic carbocycles. The van der Waals surface area contributed by atoms with Crippen molar-refractivity contribution in [3.8, 4) is 0 Å². The Balaban J connectivity index is 3.31. The fourth-order valence-electron chi connectivity index (χ4n) is 2.31. The maximum absolute atomic E-state index is 3.68. The summed E-state index contributed by atoms with van der Waals surface area (Å²) in [4.78, 5) is 0. The van der Waals surface area contributed by atoms with E-state index >= 15 is 0 Å². The van der Waals surface area contributed by atoms with Crippen LogP contribution in [0.4, 0.5) is 0 Å². The Labute approximate surface area is 111 Å². The van der Waals surface area contributed by atoms with Crippen molar-refractivity contribution < 1.29 is 0 Å². The van der Waals surface area contributed by atoms with E-state index in [0.717, 1.165) is 15.0 Å². The fourth-order valence-corrected chi connectivity index (χ4v) is 3.95.